The fraction of sp³-hybridized carbons (Fsp3) is 0.241. The predicted octanol–water partition coefficient (Wildman–Crippen LogP) is 5.23. The van der Waals surface area contributed by atoms with Crippen LogP contribution in [0.2, 0.25) is 0 Å². The zero-order valence-electron chi connectivity index (χ0n) is 20.1. The van der Waals surface area contributed by atoms with Crippen LogP contribution in [0, 0.1) is 18.4 Å². The Balaban J connectivity index is 1.57. The fourth-order valence-electron chi connectivity index (χ4n) is 5.91. The predicted molar refractivity (Wildman–Crippen MR) is 136 cm³/mol. The first kappa shape index (κ1) is 22.1. The summed E-state index contributed by atoms with van der Waals surface area (Å²) in [6, 6.07) is 13.7. The second kappa shape index (κ2) is 8.35. The Morgan fingerprint density at radius 2 is 1.92 bits per heavy atom. The van der Waals surface area contributed by atoms with Gasteiger partial charge in [0, 0.05) is 52.8 Å². The van der Waals surface area contributed by atoms with Gasteiger partial charge in [-0.2, -0.15) is 5.10 Å². The molecule has 4 aromatic rings. The Labute approximate surface area is 209 Å². The summed E-state index contributed by atoms with van der Waals surface area (Å²) in [4.78, 5) is 30.1. The average Bonchev–Trinajstić information content (AvgIpc) is 3.33. The molecule has 0 saturated heterocycles. The summed E-state index contributed by atoms with van der Waals surface area (Å²) >= 11 is 0. The van der Waals surface area contributed by atoms with Gasteiger partial charge in [0.25, 0.3) is 0 Å². The molecule has 0 radical (unpaired) electrons. The van der Waals surface area contributed by atoms with E-state index in [0.29, 0.717) is 5.82 Å². The van der Waals surface area contributed by atoms with Crippen LogP contribution in [-0.4, -0.2) is 30.5 Å². The first-order valence-corrected chi connectivity index (χ1v) is 12.1. The van der Waals surface area contributed by atoms with Crippen molar-refractivity contribution in [1.82, 2.24) is 24.7 Å². The van der Waals surface area contributed by atoms with E-state index < -0.39 is 5.41 Å². The van der Waals surface area contributed by atoms with Gasteiger partial charge >= 0.3 is 0 Å². The van der Waals surface area contributed by atoms with Crippen LogP contribution in [0.3, 0.4) is 0 Å². The van der Waals surface area contributed by atoms with E-state index >= 15 is 0 Å². The van der Waals surface area contributed by atoms with E-state index in [2.05, 4.69) is 21.7 Å². The number of aromatic nitrogens is 5. The van der Waals surface area contributed by atoms with Crippen LogP contribution in [0.15, 0.2) is 79.0 Å². The molecule has 0 spiro atoms. The molecule has 2 aliphatic carbocycles. The molecule has 176 valence electrons. The van der Waals surface area contributed by atoms with Gasteiger partial charge in [-0.3, -0.25) is 9.97 Å². The SMILES string of the molecule is [C-]#[N+]C1=C[C@@]2(C)c3c(c(-c4ccccn4)nn3-c3ccc(-c4cccnc4)cn3)CC[C@@H]2[C@@H](C)C1=O. The lowest BCUT2D eigenvalue weighted by Crippen LogP contribution is -2.46. The molecule has 0 unspecified atom stereocenters. The highest BCUT2D eigenvalue weighted by Crippen LogP contribution is 2.52. The Morgan fingerprint density at radius 3 is 2.61 bits per heavy atom. The minimum atomic E-state index is -0.537. The summed E-state index contributed by atoms with van der Waals surface area (Å²) in [6.07, 6.45) is 10.7. The van der Waals surface area contributed by atoms with Gasteiger partial charge in [0.2, 0.25) is 5.70 Å². The number of hydrogen-bond acceptors (Lipinski definition) is 5. The van der Waals surface area contributed by atoms with Gasteiger partial charge < -0.3 is 4.79 Å². The summed E-state index contributed by atoms with van der Waals surface area (Å²) in [7, 11) is 0. The Kier molecular flexibility index (Phi) is 5.11. The van der Waals surface area contributed by atoms with Gasteiger partial charge in [-0.25, -0.2) is 14.5 Å². The van der Waals surface area contributed by atoms with Gasteiger partial charge in [-0.05, 0) is 49.1 Å². The van der Waals surface area contributed by atoms with Gasteiger partial charge in [-0.1, -0.05) is 32.1 Å². The Bertz CT molecular complexity index is 1530. The van der Waals surface area contributed by atoms with Crippen molar-refractivity contribution in [2.45, 2.75) is 32.1 Å². The molecule has 0 aliphatic heterocycles. The topological polar surface area (TPSA) is 77.9 Å². The molecule has 4 heterocycles. The van der Waals surface area contributed by atoms with Crippen LogP contribution in [0.25, 0.3) is 33.2 Å². The maximum atomic E-state index is 12.9. The first-order valence-electron chi connectivity index (χ1n) is 12.1. The van der Waals surface area contributed by atoms with Crippen molar-refractivity contribution >= 4 is 5.78 Å². The summed E-state index contributed by atoms with van der Waals surface area (Å²) < 4.78 is 1.90. The number of carbonyl (C=O) groups excluding carboxylic acids is 1. The minimum Gasteiger partial charge on any atom is -0.308 e. The smallest absolute Gasteiger partial charge is 0.226 e. The Hall–Kier alpha value is -4.44. The zero-order chi connectivity index (χ0) is 24.9. The second-order valence-corrected chi connectivity index (χ2v) is 9.67. The lowest BCUT2D eigenvalue weighted by Gasteiger charge is -2.45. The molecule has 0 amide bonds. The highest BCUT2D eigenvalue weighted by molar-refractivity contribution is 6.00. The first-order chi connectivity index (χ1) is 17.5. The molecule has 0 fully saturated rings. The van der Waals surface area contributed by atoms with Crippen LogP contribution < -0.4 is 0 Å². The number of carbonyl (C=O) groups is 1. The number of rotatable bonds is 3. The van der Waals surface area contributed by atoms with Crippen molar-refractivity contribution < 1.29 is 4.79 Å². The van der Waals surface area contributed by atoms with E-state index in [1.807, 2.05) is 72.5 Å². The third-order valence-corrected chi connectivity index (χ3v) is 7.66. The number of hydrogen-bond donors (Lipinski definition) is 0. The van der Waals surface area contributed by atoms with Crippen molar-refractivity contribution in [2.24, 2.45) is 11.8 Å². The van der Waals surface area contributed by atoms with E-state index in [0.717, 1.165) is 46.6 Å². The van der Waals surface area contributed by atoms with E-state index in [1.165, 1.54) is 0 Å². The fourth-order valence-corrected chi connectivity index (χ4v) is 5.91. The highest BCUT2D eigenvalue weighted by Gasteiger charge is 2.50. The number of ketones is 1. The maximum absolute atomic E-state index is 12.9. The molecule has 0 saturated carbocycles. The molecule has 3 atom stereocenters. The number of nitrogens with zero attached hydrogens (tertiary/aromatic N) is 6. The average molecular weight is 473 g/mol. The molecule has 36 heavy (non-hydrogen) atoms. The summed E-state index contributed by atoms with van der Waals surface area (Å²) in [6.45, 7) is 11.7. The highest BCUT2D eigenvalue weighted by atomic mass is 16.1. The maximum Gasteiger partial charge on any atom is 0.226 e. The van der Waals surface area contributed by atoms with Crippen LogP contribution in [0.5, 0.6) is 0 Å². The quantitative estimate of drug-likeness (QED) is 0.382. The van der Waals surface area contributed by atoms with Gasteiger partial charge in [0.1, 0.15) is 5.69 Å². The molecule has 7 nitrogen and oxygen atoms in total. The van der Waals surface area contributed by atoms with Crippen molar-refractivity contribution in [1.29, 1.82) is 0 Å². The molecule has 0 aromatic carbocycles. The van der Waals surface area contributed by atoms with E-state index in [1.54, 1.807) is 12.4 Å². The number of fused-ring (bicyclic) bond motifs is 3. The molecule has 2 aliphatic rings. The summed E-state index contributed by atoms with van der Waals surface area (Å²) in [5.74, 6) is 0.459. The van der Waals surface area contributed by atoms with Crippen molar-refractivity contribution in [2.75, 3.05) is 0 Å². The minimum absolute atomic E-state index is 0.0640. The van der Waals surface area contributed by atoms with Crippen LogP contribution >= 0.6 is 0 Å². The van der Waals surface area contributed by atoms with E-state index in [4.69, 9.17) is 16.7 Å². The Morgan fingerprint density at radius 1 is 1.06 bits per heavy atom. The molecule has 0 bridgehead atoms. The van der Waals surface area contributed by atoms with Crippen molar-refractivity contribution in [3.05, 3.63) is 102 Å². The zero-order valence-corrected chi connectivity index (χ0v) is 20.1. The van der Waals surface area contributed by atoms with Crippen LogP contribution in [0.1, 0.15) is 31.5 Å². The molecule has 4 aromatic heterocycles. The lowest BCUT2D eigenvalue weighted by molar-refractivity contribution is -0.121. The van der Waals surface area contributed by atoms with Crippen LogP contribution in [0.4, 0.5) is 0 Å². The molecule has 0 N–H and O–H groups in total. The lowest BCUT2D eigenvalue weighted by atomic mass is 9.58. The monoisotopic (exact) mass is 472 g/mol. The van der Waals surface area contributed by atoms with Gasteiger partial charge in [0.05, 0.1) is 18.0 Å². The third-order valence-electron chi connectivity index (χ3n) is 7.66. The van der Waals surface area contributed by atoms with Crippen LogP contribution in [-0.2, 0) is 16.6 Å². The molecule has 7 heteroatoms. The number of pyridine rings is 3. The number of allylic oxidation sites excluding steroid dienone is 2. The van der Waals surface area contributed by atoms with Crippen molar-refractivity contribution in [3.63, 3.8) is 0 Å². The van der Waals surface area contributed by atoms with Gasteiger partial charge in [0.15, 0.2) is 11.6 Å². The van der Waals surface area contributed by atoms with Crippen molar-refractivity contribution in [3.8, 4) is 28.3 Å². The third kappa shape index (κ3) is 3.29. The van der Waals surface area contributed by atoms with E-state index in [-0.39, 0.29) is 23.3 Å². The van der Waals surface area contributed by atoms with Gasteiger partial charge in [-0.15, -0.1) is 0 Å². The number of Topliss-reactive ketones (excluding diaryl/α,β-unsaturated/α-hetero) is 1. The standard InChI is InChI=1S/C29H24N6O/c1-18-22-11-10-21-26(23-8-4-5-14-32-23)34-35(28(21)29(22,2)15-24(30-3)27(18)36)25-12-9-20(17-33-25)19-7-6-13-31-16-19/h4-9,12-18,22H,10-11H2,1-2H3/t18-,22-,29-/m1/s1. The largest absolute Gasteiger partial charge is 0.308 e. The normalized spacial score (nSPS) is 22.8. The molecular formula is C29H24N6O. The molecular weight excluding hydrogens is 448 g/mol. The summed E-state index contributed by atoms with van der Waals surface area (Å²) in [5.41, 5.74) is 5.35. The summed E-state index contributed by atoms with van der Waals surface area (Å²) in [5, 5.41) is 5.05. The second-order valence-electron chi connectivity index (χ2n) is 9.67. The molecule has 6 rings (SSSR count). The van der Waals surface area contributed by atoms with E-state index in [9.17, 15) is 4.79 Å².